The van der Waals surface area contributed by atoms with Crippen LogP contribution >= 0.6 is 0 Å². The lowest BCUT2D eigenvalue weighted by molar-refractivity contribution is -0.131. The SMILES string of the molecule is CCn1nc(C)c(NC(=O)C2(Cc3cc(-c4ccccc4F)no3)CCOCC2)c1C. The Balaban J connectivity index is 1.60. The molecule has 4 rings (SSSR count). The Morgan fingerprint density at radius 2 is 2.00 bits per heavy atom. The topological polar surface area (TPSA) is 82.2 Å². The number of benzene rings is 1. The van der Waals surface area contributed by atoms with Crippen molar-refractivity contribution in [3.05, 3.63) is 53.3 Å². The van der Waals surface area contributed by atoms with Gasteiger partial charge in [-0.2, -0.15) is 5.10 Å². The van der Waals surface area contributed by atoms with Gasteiger partial charge in [0.05, 0.1) is 22.5 Å². The highest BCUT2D eigenvalue weighted by molar-refractivity contribution is 5.96. The van der Waals surface area contributed by atoms with Gasteiger partial charge >= 0.3 is 0 Å². The molecule has 31 heavy (non-hydrogen) atoms. The number of carbonyl (C=O) groups excluding carboxylic acids is 1. The van der Waals surface area contributed by atoms with E-state index in [0.29, 0.717) is 49.5 Å². The monoisotopic (exact) mass is 426 g/mol. The summed E-state index contributed by atoms with van der Waals surface area (Å²) in [6.45, 7) is 7.58. The highest BCUT2D eigenvalue weighted by Crippen LogP contribution is 2.37. The molecule has 0 radical (unpaired) electrons. The van der Waals surface area contributed by atoms with Crippen LogP contribution in [-0.4, -0.2) is 34.1 Å². The number of nitrogens with one attached hydrogen (secondary N) is 1. The molecule has 0 spiro atoms. The third-order valence-electron chi connectivity index (χ3n) is 6.07. The summed E-state index contributed by atoms with van der Waals surface area (Å²) in [5.41, 5.74) is 2.57. The van der Waals surface area contributed by atoms with E-state index in [9.17, 15) is 9.18 Å². The third-order valence-corrected chi connectivity index (χ3v) is 6.07. The van der Waals surface area contributed by atoms with E-state index in [-0.39, 0.29) is 11.7 Å². The van der Waals surface area contributed by atoms with Crippen molar-refractivity contribution < 1.29 is 18.4 Å². The minimum atomic E-state index is -0.697. The van der Waals surface area contributed by atoms with Crippen LogP contribution in [0.15, 0.2) is 34.9 Å². The normalized spacial score (nSPS) is 15.7. The van der Waals surface area contributed by atoms with Crippen molar-refractivity contribution in [2.24, 2.45) is 5.41 Å². The van der Waals surface area contributed by atoms with Crippen LogP contribution in [-0.2, 0) is 22.5 Å². The fourth-order valence-corrected chi connectivity index (χ4v) is 4.20. The maximum absolute atomic E-state index is 14.1. The van der Waals surface area contributed by atoms with Crippen molar-refractivity contribution in [3.63, 3.8) is 0 Å². The number of aryl methyl sites for hydroxylation is 2. The lowest BCUT2D eigenvalue weighted by Crippen LogP contribution is -2.42. The summed E-state index contributed by atoms with van der Waals surface area (Å²) >= 11 is 0. The third kappa shape index (κ3) is 4.12. The number of rotatable bonds is 6. The van der Waals surface area contributed by atoms with Crippen molar-refractivity contribution in [2.75, 3.05) is 18.5 Å². The van der Waals surface area contributed by atoms with Gasteiger partial charge in [0.2, 0.25) is 5.91 Å². The Labute approximate surface area is 180 Å². The van der Waals surface area contributed by atoms with E-state index in [4.69, 9.17) is 9.26 Å². The Morgan fingerprint density at radius 3 is 2.68 bits per heavy atom. The van der Waals surface area contributed by atoms with Crippen LogP contribution < -0.4 is 5.32 Å². The molecule has 1 fully saturated rings. The summed E-state index contributed by atoms with van der Waals surface area (Å²) in [5, 5.41) is 11.6. The van der Waals surface area contributed by atoms with Crippen LogP contribution in [0, 0.1) is 25.1 Å². The summed E-state index contributed by atoms with van der Waals surface area (Å²) in [6.07, 6.45) is 1.49. The van der Waals surface area contributed by atoms with E-state index in [1.807, 2.05) is 25.5 Å². The Morgan fingerprint density at radius 1 is 1.26 bits per heavy atom. The molecule has 0 aliphatic carbocycles. The molecule has 3 aromatic rings. The molecule has 7 nitrogen and oxygen atoms in total. The zero-order valence-electron chi connectivity index (χ0n) is 18.1. The first-order valence-corrected chi connectivity index (χ1v) is 10.6. The first kappa shape index (κ1) is 21.2. The number of ether oxygens (including phenoxy) is 1. The van der Waals surface area contributed by atoms with Crippen LogP contribution in [0.3, 0.4) is 0 Å². The maximum Gasteiger partial charge on any atom is 0.231 e. The minimum absolute atomic E-state index is 0.0819. The molecule has 3 heterocycles. The van der Waals surface area contributed by atoms with Crippen LogP contribution in [0.25, 0.3) is 11.3 Å². The van der Waals surface area contributed by atoms with Crippen LogP contribution in [0.4, 0.5) is 10.1 Å². The first-order chi connectivity index (χ1) is 14.9. The van der Waals surface area contributed by atoms with Gasteiger partial charge in [-0.15, -0.1) is 0 Å². The molecular weight excluding hydrogens is 399 g/mol. The van der Waals surface area contributed by atoms with E-state index in [0.717, 1.165) is 23.6 Å². The molecule has 2 aromatic heterocycles. The predicted octanol–water partition coefficient (Wildman–Crippen LogP) is 4.29. The van der Waals surface area contributed by atoms with Gasteiger partial charge in [-0.05, 0) is 45.7 Å². The van der Waals surface area contributed by atoms with Gasteiger partial charge in [-0.3, -0.25) is 9.48 Å². The molecule has 8 heteroatoms. The van der Waals surface area contributed by atoms with Gasteiger partial charge in [0, 0.05) is 37.8 Å². The van der Waals surface area contributed by atoms with Crippen molar-refractivity contribution in [3.8, 4) is 11.3 Å². The molecule has 0 saturated carbocycles. The summed E-state index contributed by atoms with van der Waals surface area (Å²) in [4.78, 5) is 13.5. The fraction of sp³-hybridized carbons (Fsp3) is 0.435. The smallest absolute Gasteiger partial charge is 0.231 e. The second-order valence-electron chi connectivity index (χ2n) is 8.04. The zero-order valence-corrected chi connectivity index (χ0v) is 18.1. The molecule has 1 aliphatic heterocycles. The van der Waals surface area contributed by atoms with Crippen molar-refractivity contribution in [1.29, 1.82) is 0 Å². The number of aromatic nitrogens is 3. The molecule has 1 aromatic carbocycles. The second kappa shape index (κ2) is 8.63. The van der Waals surface area contributed by atoms with Crippen molar-refractivity contribution in [2.45, 2.75) is 46.6 Å². The average molecular weight is 426 g/mol. The summed E-state index contributed by atoms with van der Waals surface area (Å²) < 4.78 is 27.0. The number of amides is 1. The number of hydrogen-bond acceptors (Lipinski definition) is 5. The van der Waals surface area contributed by atoms with E-state index in [1.54, 1.807) is 24.3 Å². The molecule has 1 N–H and O–H groups in total. The van der Waals surface area contributed by atoms with Crippen LogP contribution in [0.2, 0.25) is 0 Å². The Kier molecular flexibility index (Phi) is 5.91. The standard InChI is InChI=1S/C23H27FN4O3/c1-4-28-16(3)21(15(2)26-28)25-22(29)23(9-11-30-12-10-23)14-17-13-20(27-31-17)18-7-5-6-8-19(18)24/h5-8,13H,4,9-12,14H2,1-3H3,(H,25,29). The van der Waals surface area contributed by atoms with Gasteiger partial charge in [0.1, 0.15) is 17.3 Å². The summed E-state index contributed by atoms with van der Waals surface area (Å²) in [7, 11) is 0. The van der Waals surface area contributed by atoms with E-state index >= 15 is 0 Å². The highest BCUT2D eigenvalue weighted by atomic mass is 19.1. The van der Waals surface area contributed by atoms with Crippen molar-refractivity contribution >= 4 is 11.6 Å². The van der Waals surface area contributed by atoms with Crippen LogP contribution in [0.1, 0.15) is 36.9 Å². The van der Waals surface area contributed by atoms with E-state index < -0.39 is 5.41 Å². The quantitative estimate of drug-likeness (QED) is 0.636. The number of halogens is 1. The van der Waals surface area contributed by atoms with Crippen LogP contribution in [0.5, 0.6) is 0 Å². The lowest BCUT2D eigenvalue weighted by atomic mass is 9.75. The molecule has 164 valence electrons. The number of anilines is 1. The largest absolute Gasteiger partial charge is 0.381 e. The van der Waals surface area contributed by atoms with Crippen molar-refractivity contribution in [1.82, 2.24) is 14.9 Å². The molecule has 0 unspecified atom stereocenters. The van der Waals surface area contributed by atoms with Gasteiger partial charge in [0.15, 0.2) is 0 Å². The molecule has 1 saturated heterocycles. The minimum Gasteiger partial charge on any atom is -0.381 e. The van der Waals surface area contributed by atoms with Gasteiger partial charge in [0.25, 0.3) is 0 Å². The summed E-state index contributed by atoms with van der Waals surface area (Å²) in [6, 6.07) is 8.14. The molecule has 0 bridgehead atoms. The van der Waals surface area contributed by atoms with E-state index in [1.165, 1.54) is 6.07 Å². The first-order valence-electron chi connectivity index (χ1n) is 10.6. The fourth-order valence-electron chi connectivity index (χ4n) is 4.20. The molecule has 1 aliphatic rings. The Bertz CT molecular complexity index is 1080. The molecule has 1 amide bonds. The lowest BCUT2D eigenvalue weighted by Gasteiger charge is -2.35. The summed E-state index contributed by atoms with van der Waals surface area (Å²) in [5.74, 6) is 0.106. The zero-order chi connectivity index (χ0) is 22.0. The predicted molar refractivity (Wildman–Crippen MR) is 114 cm³/mol. The maximum atomic E-state index is 14.1. The number of hydrogen-bond donors (Lipinski definition) is 1. The highest BCUT2D eigenvalue weighted by Gasteiger charge is 2.42. The van der Waals surface area contributed by atoms with Gasteiger partial charge < -0.3 is 14.6 Å². The number of carbonyl (C=O) groups is 1. The average Bonchev–Trinajstić information content (AvgIpc) is 3.34. The van der Waals surface area contributed by atoms with E-state index in [2.05, 4.69) is 15.6 Å². The Hall–Kier alpha value is -3.00. The molecular formula is C23H27FN4O3. The number of nitrogens with zero attached hydrogens (tertiary/aromatic N) is 3. The van der Waals surface area contributed by atoms with Gasteiger partial charge in [-0.1, -0.05) is 17.3 Å². The molecule has 0 atom stereocenters. The second-order valence-corrected chi connectivity index (χ2v) is 8.04. The van der Waals surface area contributed by atoms with Gasteiger partial charge in [-0.25, -0.2) is 4.39 Å².